The molecule has 0 N–H and O–H groups in total. The summed E-state index contributed by atoms with van der Waals surface area (Å²) in [6, 6.07) is 0. The van der Waals surface area contributed by atoms with Crippen LogP contribution in [0.1, 0.15) is 11.3 Å². The quantitative estimate of drug-likeness (QED) is 0.571. The van der Waals surface area contributed by atoms with Gasteiger partial charge in [-0.15, -0.1) is 0 Å². The van der Waals surface area contributed by atoms with Crippen molar-refractivity contribution in [3.05, 3.63) is 21.7 Å². The van der Waals surface area contributed by atoms with Crippen LogP contribution in [-0.2, 0) is 23.0 Å². The van der Waals surface area contributed by atoms with Crippen molar-refractivity contribution < 1.29 is 8.42 Å². The summed E-state index contributed by atoms with van der Waals surface area (Å²) < 4.78 is 24.1. The summed E-state index contributed by atoms with van der Waals surface area (Å²) >= 11 is 11.6. The van der Waals surface area contributed by atoms with Crippen molar-refractivity contribution in [3.63, 3.8) is 0 Å². The summed E-state index contributed by atoms with van der Waals surface area (Å²) in [7, 11) is -3.21. The summed E-state index contributed by atoms with van der Waals surface area (Å²) in [6.07, 6.45) is 1.68. The van der Waals surface area contributed by atoms with Crippen LogP contribution < -0.4 is 0 Å². The molecule has 1 aromatic heterocycles. The van der Waals surface area contributed by atoms with Crippen molar-refractivity contribution in [3.8, 4) is 0 Å². The standard InChI is InChI=1S/C8H9Cl2N3O2S/c1-16(14,15)13-3-2-5-6(4-13)11-8(10)12-7(5)9/h2-4H2,1H3. The van der Waals surface area contributed by atoms with E-state index < -0.39 is 10.0 Å². The molecule has 0 fully saturated rings. The van der Waals surface area contributed by atoms with Crippen LogP contribution in [0, 0.1) is 0 Å². The van der Waals surface area contributed by atoms with Gasteiger partial charge in [-0.2, -0.15) is 4.31 Å². The van der Waals surface area contributed by atoms with Crippen LogP contribution in [0.25, 0.3) is 0 Å². The zero-order chi connectivity index (χ0) is 11.9. The van der Waals surface area contributed by atoms with Crippen LogP contribution in [0.15, 0.2) is 0 Å². The molecule has 0 saturated heterocycles. The lowest BCUT2D eigenvalue weighted by Crippen LogP contribution is -2.36. The Hall–Kier alpha value is -0.430. The fourth-order valence-electron chi connectivity index (χ4n) is 1.62. The number of halogens is 2. The van der Waals surface area contributed by atoms with Crippen LogP contribution in [0.5, 0.6) is 0 Å². The second kappa shape index (κ2) is 4.10. The van der Waals surface area contributed by atoms with Crippen LogP contribution in [-0.4, -0.2) is 35.5 Å². The summed E-state index contributed by atoms with van der Waals surface area (Å²) in [5.74, 6) is 0. The highest BCUT2D eigenvalue weighted by Crippen LogP contribution is 2.25. The second-order valence-corrected chi connectivity index (χ2v) is 6.23. The SMILES string of the molecule is CS(=O)(=O)N1CCc2c(Cl)nc(Cl)nc2C1. The molecular weight excluding hydrogens is 273 g/mol. The Morgan fingerprint density at radius 1 is 1.31 bits per heavy atom. The first-order chi connectivity index (χ1) is 7.38. The Bertz CT molecular complexity index is 532. The largest absolute Gasteiger partial charge is 0.224 e. The normalized spacial score (nSPS) is 17.2. The molecule has 1 aromatic rings. The average Bonchev–Trinajstić information content (AvgIpc) is 2.15. The van der Waals surface area contributed by atoms with Crippen LogP contribution >= 0.6 is 23.2 Å². The van der Waals surface area contributed by atoms with Gasteiger partial charge in [0.15, 0.2) is 0 Å². The molecule has 0 saturated carbocycles. The van der Waals surface area contributed by atoms with E-state index in [0.29, 0.717) is 23.8 Å². The Morgan fingerprint density at radius 3 is 2.62 bits per heavy atom. The molecule has 0 aliphatic carbocycles. The van der Waals surface area contributed by atoms with E-state index in [1.807, 2.05) is 0 Å². The van der Waals surface area contributed by atoms with Gasteiger partial charge in [-0.1, -0.05) is 11.6 Å². The van der Waals surface area contributed by atoms with Gasteiger partial charge in [0, 0.05) is 12.1 Å². The van der Waals surface area contributed by atoms with Gasteiger partial charge in [0.25, 0.3) is 0 Å². The topological polar surface area (TPSA) is 63.2 Å². The third-order valence-corrected chi connectivity index (χ3v) is 4.15. The highest BCUT2D eigenvalue weighted by Gasteiger charge is 2.26. The van der Waals surface area contributed by atoms with Gasteiger partial charge in [0.2, 0.25) is 15.3 Å². The van der Waals surface area contributed by atoms with Crippen LogP contribution in [0.2, 0.25) is 10.4 Å². The van der Waals surface area contributed by atoms with Crippen molar-refractivity contribution in [2.75, 3.05) is 12.8 Å². The number of nitrogens with zero attached hydrogens (tertiary/aromatic N) is 3. The third-order valence-electron chi connectivity index (χ3n) is 2.42. The fourth-order valence-corrected chi connectivity index (χ4v) is 2.91. The predicted octanol–water partition coefficient (Wildman–Crippen LogP) is 1.10. The number of aromatic nitrogens is 2. The number of rotatable bonds is 1. The number of fused-ring (bicyclic) bond motifs is 1. The van der Waals surface area contributed by atoms with Gasteiger partial charge < -0.3 is 0 Å². The highest BCUT2D eigenvalue weighted by molar-refractivity contribution is 7.88. The maximum Gasteiger partial charge on any atom is 0.224 e. The first-order valence-electron chi connectivity index (χ1n) is 4.54. The van der Waals surface area contributed by atoms with Crippen molar-refractivity contribution in [1.82, 2.24) is 14.3 Å². The van der Waals surface area contributed by atoms with E-state index in [-0.39, 0.29) is 11.8 Å². The average molecular weight is 282 g/mol. The first-order valence-corrected chi connectivity index (χ1v) is 7.14. The smallest absolute Gasteiger partial charge is 0.221 e. The predicted molar refractivity (Wildman–Crippen MR) is 61.0 cm³/mol. The van der Waals surface area contributed by atoms with Crippen LogP contribution in [0.3, 0.4) is 0 Å². The molecule has 0 spiro atoms. The van der Waals surface area contributed by atoms with Crippen molar-refractivity contribution in [2.24, 2.45) is 0 Å². The Balaban J connectivity index is 2.41. The molecule has 8 heteroatoms. The van der Waals surface area contributed by atoms with Crippen LogP contribution in [0.4, 0.5) is 0 Å². The minimum absolute atomic E-state index is 0.0408. The molecule has 88 valence electrons. The summed E-state index contributed by atoms with van der Waals surface area (Å²) in [6.45, 7) is 0.604. The number of sulfonamides is 1. The summed E-state index contributed by atoms with van der Waals surface area (Å²) in [4.78, 5) is 7.83. The Kier molecular flexibility index (Phi) is 3.09. The molecule has 2 rings (SSSR count). The molecule has 2 heterocycles. The van der Waals surface area contributed by atoms with Crippen molar-refractivity contribution in [1.29, 1.82) is 0 Å². The fraction of sp³-hybridized carbons (Fsp3) is 0.500. The maximum atomic E-state index is 11.4. The molecule has 16 heavy (non-hydrogen) atoms. The highest BCUT2D eigenvalue weighted by atomic mass is 35.5. The second-order valence-electron chi connectivity index (χ2n) is 3.56. The molecule has 0 unspecified atom stereocenters. The lowest BCUT2D eigenvalue weighted by atomic mass is 10.1. The monoisotopic (exact) mass is 281 g/mol. The van der Waals surface area contributed by atoms with E-state index in [0.717, 1.165) is 5.56 Å². The Labute approximate surface area is 103 Å². The van der Waals surface area contributed by atoms with Gasteiger partial charge in [-0.25, -0.2) is 18.4 Å². The lowest BCUT2D eigenvalue weighted by molar-refractivity contribution is 0.388. The van der Waals surface area contributed by atoms with Gasteiger partial charge in [-0.3, -0.25) is 0 Å². The first kappa shape index (κ1) is 12.0. The van der Waals surface area contributed by atoms with E-state index in [9.17, 15) is 8.42 Å². The maximum absolute atomic E-state index is 11.4. The summed E-state index contributed by atoms with van der Waals surface area (Å²) in [5.41, 5.74) is 1.37. The van der Waals surface area contributed by atoms with E-state index in [4.69, 9.17) is 23.2 Å². The molecule has 0 amide bonds. The van der Waals surface area contributed by atoms with Gasteiger partial charge in [0.1, 0.15) is 5.15 Å². The van der Waals surface area contributed by atoms with E-state index in [2.05, 4.69) is 9.97 Å². The van der Waals surface area contributed by atoms with E-state index in [1.54, 1.807) is 0 Å². The Morgan fingerprint density at radius 2 is 2.00 bits per heavy atom. The van der Waals surface area contributed by atoms with E-state index >= 15 is 0 Å². The summed E-state index contributed by atoms with van der Waals surface area (Å²) in [5, 5.41) is 0.349. The van der Waals surface area contributed by atoms with Crippen molar-refractivity contribution in [2.45, 2.75) is 13.0 Å². The zero-order valence-corrected chi connectivity index (χ0v) is 10.8. The molecule has 0 bridgehead atoms. The third kappa shape index (κ3) is 2.29. The van der Waals surface area contributed by atoms with Gasteiger partial charge >= 0.3 is 0 Å². The van der Waals surface area contributed by atoms with Crippen molar-refractivity contribution >= 4 is 33.2 Å². The molecule has 1 aliphatic heterocycles. The van der Waals surface area contributed by atoms with Gasteiger partial charge in [0.05, 0.1) is 18.5 Å². The lowest BCUT2D eigenvalue weighted by Gasteiger charge is -2.26. The number of hydrogen-bond donors (Lipinski definition) is 0. The molecular formula is C8H9Cl2N3O2S. The van der Waals surface area contributed by atoms with Gasteiger partial charge in [-0.05, 0) is 18.0 Å². The molecule has 1 aliphatic rings. The molecule has 0 aromatic carbocycles. The minimum atomic E-state index is -3.21. The molecule has 0 radical (unpaired) electrons. The van der Waals surface area contributed by atoms with E-state index in [1.165, 1.54) is 10.6 Å². The number of hydrogen-bond acceptors (Lipinski definition) is 4. The molecule has 0 atom stereocenters. The zero-order valence-electron chi connectivity index (χ0n) is 8.44. The minimum Gasteiger partial charge on any atom is -0.221 e. The molecule has 5 nitrogen and oxygen atoms in total.